The van der Waals surface area contributed by atoms with Gasteiger partial charge in [-0.25, -0.2) is 0 Å². The minimum atomic E-state index is -0.576. The Hall–Kier alpha value is -2.27. The van der Waals surface area contributed by atoms with Gasteiger partial charge in [0.1, 0.15) is 6.54 Å². The summed E-state index contributed by atoms with van der Waals surface area (Å²) in [5, 5.41) is 3.96. The summed E-state index contributed by atoms with van der Waals surface area (Å²) in [6.45, 7) is 2.99. The van der Waals surface area contributed by atoms with Crippen molar-refractivity contribution < 1.29 is 9.59 Å². The van der Waals surface area contributed by atoms with Gasteiger partial charge in [-0.3, -0.25) is 9.59 Å². The third kappa shape index (κ3) is 4.35. The highest BCUT2D eigenvalue weighted by Crippen LogP contribution is 2.29. The molecule has 0 radical (unpaired) electrons. The SMILES string of the molecule is C[C@@H]1CCCC[C@H]1NC(=O)[C@@H]1c2cccn2CC(=O)N1CCc1ccc(Cl)cc1. The molecule has 1 saturated carbocycles. The summed E-state index contributed by atoms with van der Waals surface area (Å²) in [4.78, 5) is 28.0. The molecule has 1 aliphatic carbocycles. The minimum absolute atomic E-state index is 0.0143. The maximum Gasteiger partial charge on any atom is 0.249 e. The van der Waals surface area contributed by atoms with Gasteiger partial charge in [-0.15, -0.1) is 0 Å². The Labute approximate surface area is 177 Å². The number of carbonyl (C=O) groups excluding carboxylic acids is 2. The van der Waals surface area contributed by atoms with E-state index in [0.717, 1.165) is 30.5 Å². The van der Waals surface area contributed by atoms with Gasteiger partial charge in [0.05, 0.1) is 5.69 Å². The Balaban J connectivity index is 1.54. The van der Waals surface area contributed by atoms with Crippen molar-refractivity contribution in [2.24, 2.45) is 5.92 Å². The summed E-state index contributed by atoms with van der Waals surface area (Å²) < 4.78 is 1.90. The third-order valence-electron chi connectivity index (χ3n) is 6.32. The first kappa shape index (κ1) is 20.0. The molecule has 154 valence electrons. The van der Waals surface area contributed by atoms with Crippen LogP contribution in [0.5, 0.6) is 0 Å². The van der Waals surface area contributed by atoms with E-state index in [1.54, 1.807) is 4.90 Å². The van der Waals surface area contributed by atoms with Crippen molar-refractivity contribution in [1.29, 1.82) is 0 Å². The average Bonchev–Trinajstić information content (AvgIpc) is 3.16. The molecule has 2 aliphatic rings. The molecule has 1 aromatic carbocycles. The van der Waals surface area contributed by atoms with E-state index in [1.807, 2.05) is 47.2 Å². The van der Waals surface area contributed by atoms with Crippen LogP contribution in [0.2, 0.25) is 5.02 Å². The smallest absolute Gasteiger partial charge is 0.249 e. The predicted molar refractivity (Wildman–Crippen MR) is 114 cm³/mol. The lowest BCUT2D eigenvalue weighted by molar-refractivity contribution is -0.144. The number of halogens is 1. The maximum absolute atomic E-state index is 13.3. The van der Waals surface area contributed by atoms with Gasteiger partial charge in [0.25, 0.3) is 0 Å². The molecule has 2 heterocycles. The zero-order chi connectivity index (χ0) is 20.4. The first-order valence-electron chi connectivity index (χ1n) is 10.5. The zero-order valence-electron chi connectivity index (χ0n) is 16.8. The van der Waals surface area contributed by atoms with Crippen LogP contribution >= 0.6 is 11.6 Å². The van der Waals surface area contributed by atoms with Gasteiger partial charge in [-0.2, -0.15) is 0 Å². The van der Waals surface area contributed by atoms with E-state index < -0.39 is 6.04 Å². The Morgan fingerprint density at radius 3 is 2.69 bits per heavy atom. The first-order chi connectivity index (χ1) is 14.0. The Kier molecular flexibility index (Phi) is 5.95. The molecule has 2 amide bonds. The van der Waals surface area contributed by atoms with Crippen LogP contribution in [0.3, 0.4) is 0 Å². The molecule has 3 atom stereocenters. The fraction of sp³-hybridized carbons (Fsp3) is 0.478. The van der Waals surface area contributed by atoms with Crippen molar-refractivity contribution in [3.05, 3.63) is 58.9 Å². The molecule has 5 nitrogen and oxygen atoms in total. The molecule has 0 spiro atoms. The molecule has 1 aromatic heterocycles. The topological polar surface area (TPSA) is 54.3 Å². The van der Waals surface area contributed by atoms with Crippen LogP contribution in [-0.4, -0.2) is 33.9 Å². The lowest BCUT2D eigenvalue weighted by Crippen LogP contribution is -2.52. The van der Waals surface area contributed by atoms with E-state index in [9.17, 15) is 9.59 Å². The molecule has 1 aliphatic heterocycles. The average molecular weight is 414 g/mol. The van der Waals surface area contributed by atoms with Gasteiger partial charge >= 0.3 is 0 Å². The van der Waals surface area contributed by atoms with Crippen LogP contribution in [0, 0.1) is 5.92 Å². The van der Waals surface area contributed by atoms with Gasteiger partial charge in [0.2, 0.25) is 11.8 Å². The Morgan fingerprint density at radius 2 is 1.93 bits per heavy atom. The van der Waals surface area contributed by atoms with E-state index in [0.29, 0.717) is 23.9 Å². The van der Waals surface area contributed by atoms with Gasteiger partial charge in [-0.1, -0.05) is 43.5 Å². The molecular weight excluding hydrogens is 386 g/mol. The van der Waals surface area contributed by atoms with E-state index in [2.05, 4.69) is 12.2 Å². The van der Waals surface area contributed by atoms with Crippen LogP contribution in [0.4, 0.5) is 0 Å². The van der Waals surface area contributed by atoms with Crippen LogP contribution < -0.4 is 5.32 Å². The number of fused-ring (bicyclic) bond motifs is 1. The number of aromatic nitrogens is 1. The maximum atomic E-state index is 13.3. The van der Waals surface area contributed by atoms with E-state index in [1.165, 1.54) is 6.42 Å². The summed E-state index contributed by atoms with van der Waals surface area (Å²) in [7, 11) is 0. The molecule has 2 aromatic rings. The largest absolute Gasteiger partial charge is 0.351 e. The van der Waals surface area contributed by atoms with Crippen molar-refractivity contribution in [1.82, 2.24) is 14.8 Å². The minimum Gasteiger partial charge on any atom is -0.351 e. The van der Waals surface area contributed by atoms with E-state index in [-0.39, 0.29) is 24.4 Å². The fourth-order valence-electron chi connectivity index (χ4n) is 4.58. The number of amides is 2. The quantitative estimate of drug-likeness (QED) is 0.806. The molecule has 4 rings (SSSR count). The first-order valence-corrected chi connectivity index (χ1v) is 10.9. The highest BCUT2D eigenvalue weighted by molar-refractivity contribution is 6.30. The van der Waals surface area contributed by atoms with Crippen LogP contribution in [-0.2, 0) is 22.6 Å². The number of rotatable bonds is 5. The summed E-state index contributed by atoms with van der Waals surface area (Å²) >= 11 is 5.98. The second-order valence-electron chi connectivity index (χ2n) is 8.30. The van der Waals surface area contributed by atoms with Crippen LogP contribution in [0.1, 0.15) is 49.9 Å². The second-order valence-corrected chi connectivity index (χ2v) is 8.74. The standard InChI is InChI=1S/C23H28ClN3O2/c1-16-5-2-3-6-19(16)25-23(29)22-20-7-4-13-26(20)15-21(28)27(22)14-12-17-8-10-18(24)11-9-17/h4,7-11,13,16,19,22H,2-3,5-6,12,14-15H2,1H3,(H,25,29)/t16-,19-,22+/m1/s1. The van der Waals surface area contributed by atoms with E-state index >= 15 is 0 Å². The highest BCUT2D eigenvalue weighted by Gasteiger charge is 2.38. The third-order valence-corrected chi connectivity index (χ3v) is 6.58. The zero-order valence-corrected chi connectivity index (χ0v) is 17.6. The molecule has 6 heteroatoms. The molecule has 0 bridgehead atoms. The van der Waals surface area contributed by atoms with Crippen molar-refractivity contribution >= 4 is 23.4 Å². The van der Waals surface area contributed by atoms with Crippen molar-refractivity contribution in [2.45, 2.75) is 57.7 Å². The monoisotopic (exact) mass is 413 g/mol. The number of carbonyl (C=O) groups is 2. The summed E-state index contributed by atoms with van der Waals surface area (Å²) in [6, 6.07) is 11.1. The van der Waals surface area contributed by atoms with Gasteiger partial charge in [0.15, 0.2) is 6.04 Å². The fourth-order valence-corrected chi connectivity index (χ4v) is 4.71. The molecule has 0 unspecified atom stereocenters. The number of benzene rings is 1. The van der Waals surface area contributed by atoms with Crippen molar-refractivity contribution in [2.75, 3.05) is 6.54 Å². The summed E-state index contributed by atoms with van der Waals surface area (Å²) in [5.74, 6) is 0.397. The molecule has 0 saturated heterocycles. The van der Waals surface area contributed by atoms with E-state index in [4.69, 9.17) is 11.6 Å². The normalized spacial score (nSPS) is 24.3. The Bertz CT molecular complexity index is 877. The highest BCUT2D eigenvalue weighted by atomic mass is 35.5. The molecular formula is C23H28ClN3O2. The predicted octanol–water partition coefficient (Wildman–Crippen LogP) is 3.96. The van der Waals surface area contributed by atoms with Gasteiger partial charge < -0.3 is 14.8 Å². The van der Waals surface area contributed by atoms with Crippen molar-refractivity contribution in [3.8, 4) is 0 Å². The van der Waals surface area contributed by atoms with Crippen molar-refractivity contribution in [3.63, 3.8) is 0 Å². The lowest BCUT2D eigenvalue weighted by atomic mass is 9.85. The van der Waals surface area contributed by atoms with Crippen LogP contribution in [0.15, 0.2) is 42.6 Å². The summed E-state index contributed by atoms with van der Waals surface area (Å²) in [6.07, 6.45) is 7.10. The summed E-state index contributed by atoms with van der Waals surface area (Å²) in [5.41, 5.74) is 1.99. The van der Waals surface area contributed by atoms with Crippen LogP contribution in [0.25, 0.3) is 0 Å². The molecule has 29 heavy (non-hydrogen) atoms. The second kappa shape index (κ2) is 8.62. The number of hydrogen-bond acceptors (Lipinski definition) is 2. The van der Waals surface area contributed by atoms with Gasteiger partial charge in [0, 0.05) is 23.8 Å². The molecule has 1 N–H and O–H groups in total. The number of nitrogens with one attached hydrogen (secondary N) is 1. The molecule has 1 fully saturated rings. The number of hydrogen-bond donors (Lipinski definition) is 1. The lowest BCUT2D eigenvalue weighted by Gasteiger charge is -2.38. The number of nitrogens with zero attached hydrogens (tertiary/aromatic N) is 2. The van der Waals surface area contributed by atoms with Gasteiger partial charge in [-0.05, 0) is 55.0 Å². The Morgan fingerprint density at radius 1 is 1.17 bits per heavy atom.